The first-order valence-corrected chi connectivity index (χ1v) is 11.1. The van der Waals surface area contributed by atoms with Gasteiger partial charge in [0.15, 0.2) is 5.78 Å². The molecule has 32 heavy (non-hydrogen) atoms. The minimum atomic E-state index is -4.72. The molecule has 2 aromatic carbocycles. The number of allylic oxidation sites excluding steroid dienone is 1. The number of carbonyl (C=O) groups is 1. The summed E-state index contributed by atoms with van der Waals surface area (Å²) in [5.74, 6) is 1.29. The molecule has 0 aliphatic heterocycles. The minimum absolute atomic E-state index is 0.174. The Bertz CT molecular complexity index is 1090. The Labute approximate surface area is 184 Å². The normalized spacial score (nSPS) is 30.6. The van der Waals surface area contributed by atoms with Gasteiger partial charge >= 0.3 is 6.36 Å². The van der Waals surface area contributed by atoms with E-state index in [1.807, 2.05) is 18.2 Å². The van der Waals surface area contributed by atoms with Gasteiger partial charge in [-0.2, -0.15) is 0 Å². The number of benzene rings is 2. The highest BCUT2D eigenvalue weighted by atomic mass is 19.4. The predicted molar refractivity (Wildman–Crippen MR) is 114 cm³/mol. The number of aromatic hydroxyl groups is 1. The number of halogens is 3. The summed E-state index contributed by atoms with van der Waals surface area (Å²) in [5.41, 5.74) is 3.61. The standard InChI is InChI=1S/C26H25F3O3/c1-25-11-10-21-20-9-5-18(30)13-16(20)4-8-22(21)23(25)14-17(24(25)31)12-15-2-6-19(7-3-15)32-26(27,28)29/h2-3,5-7,9,12-13,21-23,30H,4,8,10-11,14H2,1H3/b17-12+/t21-,22-,23-,25+/m0/s1. The number of hydrogen-bond donors (Lipinski definition) is 1. The van der Waals surface area contributed by atoms with E-state index in [0.29, 0.717) is 29.6 Å². The summed E-state index contributed by atoms with van der Waals surface area (Å²) in [6.07, 6.45) is 1.50. The van der Waals surface area contributed by atoms with Crippen LogP contribution >= 0.6 is 0 Å². The quantitative estimate of drug-likeness (QED) is 0.547. The predicted octanol–water partition coefficient (Wildman–Crippen LogP) is 6.41. The smallest absolute Gasteiger partial charge is 0.508 e. The molecule has 2 aromatic rings. The molecule has 0 bridgehead atoms. The summed E-state index contributed by atoms with van der Waals surface area (Å²) in [6, 6.07) is 11.3. The van der Waals surface area contributed by atoms with Crippen molar-refractivity contribution in [3.05, 3.63) is 64.7 Å². The number of aryl methyl sites for hydroxylation is 1. The highest BCUT2D eigenvalue weighted by Gasteiger charge is 2.56. The maximum Gasteiger partial charge on any atom is 0.573 e. The van der Waals surface area contributed by atoms with Crippen LogP contribution in [0.5, 0.6) is 11.5 Å². The first kappa shape index (κ1) is 21.1. The number of ether oxygens (including phenoxy) is 1. The molecular formula is C26H25F3O3. The van der Waals surface area contributed by atoms with Crippen molar-refractivity contribution in [2.24, 2.45) is 17.3 Å². The van der Waals surface area contributed by atoms with Crippen LogP contribution in [0.1, 0.15) is 55.2 Å². The number of Topliss-reactive ketones (excluding diaryl/α,β-unsaturated/α-hetero) is 1. The zero-order valence-electron chi connectivity index (χ0n) is 17.8. The highest BCUT2D eigenvalue weighted by Crippen LogP contribution is 2.60. The first-order valence-electron chi connectivity index (χ1n) is 11.1. The third kappa shape index (κ3) is 3.59. The number of ketones is 1. The van der Waals surface area contributed by atoms with Crippen molar-refractivity contribution >= 4 is 11.9 Å². The Kier molecular flexibility index (Phi) is 4.88. The molecule has 2 saturated carbocycles. The lowest BCUT2D eigenvalue weighted by Gasteiger charge is -2.48. The summed E-state index contributed by atoms with van der Waals surface area (Å²) in [6.45, 7) is 2.09. The van der Waals surface area contributed by atoms with Crippen LogP contribution < -0.4 is 4.74 Å². The molecule has 2 fully saturated rings. The lowest BCUT2D eigenvalue weighted by molar-refractivity contribution is -0.274. The molecule has 0 amide bonds. The van der Waals surface area contributed by atoms with E-state index in [2.05, 4.69) is 11.7 Å². The second-order valence-corrected chi connectivity index (χ2v) is 9.57. The topological polar surface area (TPSA) is 46.5 Å². The van der Waals surface area contributed by atoms with E-state index < -0.39 is 6.36 Å². The van der Waals surface area contributed by atoms with E-state index in [4.69, 9.17) is 0 Å². The molecular weight excluding hydrogens is 417 g/mol. The summed E-state index contributed by atoms with van der Waals surface area (Å²) < 4.78 is 41.1. The van der Waals surface area contributed by atoms with Gasteiger partial charge in [-0.1, -0.05) is 25.1 Å². The van der Waals surface area contributed by atoms with E-state index in [1.165, 1.54) is 23.3 Å². The number of fused-ring (bicyclic) bond motifs is 5. The van der Waals surface area contributed by atoms with Crippen LogP contribution in [0, 0.1) is 17.3 Å². The van der Waals surface area contributed by atoms with Gasteiger partial charge in [-0.15, -0.1) is 13.2 Å². The van der Waals surface area contributed by atoms with Crippen molar-refractivity contribution < 1.29 is 27.8 Å². The van der Waals surface area contributed by atoms with Gasteiger partial charge < -0.3 is 9.84 Å². The van der Waals surface area contributed by atoms with Crippen LogP contribution in [-0.4, -0.2) is 17.3 Å². The molecule has 6 heteroatoms. The lowest BCUT2D eigenvalue weighted by Crippen LogP contribution is -2.42. The molecule has 168 valence electrons. The fraction of sp³-hybridized carbons (Fsp3) is 0.423. The Balaban J connectivity index is 1.40. The molecule has 5 rings (SSSR count). The Morgan fingerprint density at radius 1 is 1.12 bits per heavy atom. The van der Waals surface area contributed by atoms with E-state index >= 15 is 0 Å². The summed E-state index contributed by atoms with van der Waals surface area (Å²) >= 11 is 0. The Morgan fingerprint density at radius 3 is 2.59 bits per heavy atom. The number of phenolic OH excluding ortho intramolecular Hbond substituents is 1. The summed E-state index contributed by atoms with van der Waals surface area (Å²) in [5, 5.41) is 9.84. The van der Waals surface area contributed by atoms with Crippen molar-refractivity contribution in [3.8, 4) is 11.5 Å². The van der Waals surface area contributed by atoms with Crippen LogP contribution in [-0.2, 0) is 11.2 Å². The van der Waals surface area contributed by atoms with Gasteiger partial charge in [-0.3, -0.25) is 4.79 Å². The SMILES string of the molecule is C[C@@]12CC[C@H]3c4ccc(O)cc4CC[C@@H]3[C@@H]1C/C(=C\c1ccc(OC(F)(F)F)cc1)C2=O. The molecule has 1 N–H and O–H groups in total. The molecule has 0 unspecified atom stereocenters. The number of phenols is 1. The van der Waals surface area contributed by atoms with Gasteiger partial charge in [0.25, 0.3) is 0 Å². The van der Waals surface area contributed by atoms with E-state index in [9.17, 15) is 23.1 Å². The molecule has 0 aromatic heterocycles. The monoisotopic (exact) mass is 442 g/mol. The number of alkyl halides is 3. The van der Waals surface area contributed by atoms with Crippen LogP contribution in [0.4, 0.5) is 13.2 Å². The average molecular weight is 442 g/mol. The number of rotatable bonds is 2. The number of carbonyl (C=O) groups excluding carboxylic acids is 1. The lowest BCUT2D eigenvalue weighted by atomic mass is 9.55. The minimum Gasteiger partial charge on any atom is -0.508 e. The molecule has 0 spiro atoms. The van der Waals surface area contributed by atoms with Crippen LogP contribution in [0.25, 0.3) is 6.08 Å². The summed E-state index contributed by atoms with van der Waals surface area (Å²) in [7, 11) is 0. The summed E-state index contributed by atoms with van der Waals surface area (Å²) in [4.78, 5) is 13.4. The van der Waals surface area contributed by atoms with Crippen molar-refractivity contribution in [1.82, 2.24) is 0 Å². The zero-order chi connectivity index (χ0) is 22.7. The second kappa shape index (κ2) is 7.39. The van der Waals surface area contributed by atoms with Crippen LogP contribution in [0.2, 0.25) is 0 Å². The van der Waals surface area contributed by atoms with Crippen LogP contribution in [0.3, 0.4) is 0 Å². The molecule has 3 aliphatic carbocycles. The molecule has 0 heterocycles. The molecule has 0 saturated heterocycles. The van der Waals surface area contributed by atoms with Crippen molar-refractivity contribution in [2.45, 2.75) is 51.3 Å². The van der Waals surface area contributed by atoms with E-state index in [1.54, 1.807) is 18.2 Å². The third-order valence-electron chi connectivity index (χ3n) is 7.80. The fourth-order valence-corrected chi connectivity index (χ4v) is 6.34. The molecule has 0 radical (unpaired) electrons. The maximum atomic E-state index is 13.4. The largest absolute Gasteiger partial charge is 0.573 e. The van der Waals surface area contributed by atoms with E-state index in [0.717, 1.165) is 31.3 Å². The molecule has 4 atom stereocenters. The molecule has 3 nitrogen and oxygen atoms in total. The van der Waals surface area contributed by atoms with Crippen molar-refractivity contribution in [1.29, 1.82) is 0 Å². The second-order valence-electron chi connectivity index (χ2n) is 9.57. The molecule has 3 aliphatic rings. The first-order chi connectivity index (χ1) is 15.1. The van der Waals surface area contributed by atoms with Crippen molar-refractivity contribution in [2.75, 3.05) is 0 Å². The van der Waals surface area contributed by atoms with Gasteiger partial charge in [-0.05, 0) is 102 Å². The van der Waals surface area contributed by atoms with Gasteiger partial charge in [0, 0.05) is 5.41 Å². The Hall–Kier alpha value is -2.76. The van der Waals surface area contributed by atoms with Gasteiger partial charge in [-0.25, -0.2) is 0 Å². The van der Waals surface area contributed by atoms with Crippen molar-refractivity contribution in [3.63, 3.8) is 0 Å². The zero-order valence-corrected chi connectivity index (χ0v) is 17.8. The fourth-order valence-electron chi connectivity index (χ4n) is 6.34. The van der Waals surface area contributed by atoms with E-state index in [-0.39, 0.29) is 22.9 Å². The van der Waals surface area contributed by atoms with Crippen LogP contribution in [0.15, 0.2) is 48.0 Å². The maximum absolute atomic E-state index is 13.4. The van der Waals surface area contributed by atoms with Gasteiger partial charge in [0.05, 0.1) is 0 Å². The van der Waals surface area contributed by atoms with Gasteiger partial charge in [0.1, 0.15) is 11.5 Å². The van der Waals surface area contributed by atoms with Gasteiger partial charge in [0.2, 0.25) is 0 Å². The highest BCUT2D eigenvalue weighted by molar-refractivity contribution is 6.06. The third-order valence-corrected chi connectivity index (χ3v) is 7.80. The Morgan fingerprint density at radius 2 is 1.88 bits per heavy atom. The average Bonchev–Trinajstić information content (AvgIpc) is 2.98. The number of hydrogen-bond acceptors (Lipinski definition) is 3.